The smallest absolute Gasteiger partial charge is 0.286 e. The van der Waals surface area contributed by atoms with Gasteiger partial charge in [-0.05, 0) is 0 Å². The minimum Gasteiger partial charge on any atom is -0.286 e. The standard InChI is InChI=1S/C3H5Br2I.CHF3O3S.CH4O3S/c4-1-3(5)2-6;2-1(3,4)8(5,6)7;1-5(2,3)4/h3H,1-2H2;(H,5,6,7);1H3,(H,2,3,4). The molecule has 19 heavy (non-hydrogen) atoms. The molecule has 0 radical (unpaired) electrons. The van der Waals surface area contributed by atoms with Crippen LogP contribution in [0.3, 0.4) is 0 Å². The van der Waals surface area contributed by atoms with Crippen molar-refractivity contribution < 1.29 is 39.1 Å². The van der Waals surface area contributed by atoms with Crippen LogP contribution >= 0.6 is 54.5 Å². The molecule has 0 heterocycles. The molecule has 0 aromatic rings. The van der Waals surface area contributed by atoms with Crippen LogP contribution in [0, 0.1) is 0 Å². The maximum atomic E-state index is 10.7. The lowest BCUT2D eigenvalue weighted by Gasteiger charge is -1.97. The zero-order valence-electron chi connectivity index (χ0n) is 9.10. The highest BCUT2D eigenvalue weighted by molar-refractivity contribution is 14.1. The van der Waals surface area contributed by atoms with E-state index in [-0.39, 0.29) is 0 Å². The van der Waals surface area contributed by atoms with E-state index in [1.165, 1.54) is 4.43 Å². The van der Waals surface area contributed by atoms with Crippen LogP contribution in [-0.4, -0.2) is 52.3 Å². The molecule has 1 unspecified atom stereocenters. The molecule has 6 nitrogen and oxygen atoms in total. The van der Waals surface area contributed by atoms with Crippen molar-refractivity contribution in [3.05, 3.63) is 0 Å². The molecule has 120 valence electrons. The fourth-order valence-corrected chi connectivity index (χ4v) is 1.44. The van der Waals surface area contributed by atoms with E-state index in [1.807, 2.05) is 0 Å². The predicted molar refractivity (Wildman–Crippen MR) is 80.5 cm³/mol. The number of hydrogen-bond acceptors (Lipinski definition) is 4. The summed E-state index contributed by atoms with van der Waals surface area (Å²) in [5.74, 6) is 0. The van der Waals surface area contributed by atoms with Crippen LogP contribution < -0.4 is 0 Å². The summed E-state index contributed by atoms with van der Waals surface area (Å²) >= 11 is 9.08. The molecule has 0 rings (SSSR count). The van der Waals surface area contributed by atoms with Crippen molar-refractivity contribution in [3.8, 4) is 0 Å². The van der Waals surface area contributed by atoms with Gasteiger partial charge in [0.25, 0.3) is 10.1 Å². The van der Waals surface area contributed by atoms with Gasteiger partial charge in [-0.25, -0.2) is 0 Å². The first-order valence-corrected chi connectivity index (χ1v) is 10.6. The van der Waals surface area contributed by atoms with Gasteiger partial charge in [0.05, 0.1) is 6.26 Å². The topological polar surface area (TPSA) is 109 Å². The van der Waals surface area contributed by atoms with E-state index in [9.17, 15) is 21.6 Å². The Bertz CT molecular complexity index is 411. The third kappa shape index (κ3) is 28.2. The lowest BCUT2D eigenvalue weighted by atomic mass is 10.6. The molecule has 0 saturated carbocycles. The minimum absolute atomic E-state index is 0.651. The summed E-state index contributed by atoms with van der Waals surface area (Å²) in [7, 11) is -9.51. The van der Waals surface area contributed by atoms with Gasteiger partial charge in [0, 0.05) is 14.6 Å². The van der Waals surface area contributed by atoms with E-state index in [0.29, 0.717) is 11.1 Å². The summed E-state index contributed by atoms with van der Waals surface area (Å²) in [6, 6.07) is 0. The predicted octanol–water partition coefficient (Wildman–Crippen LogP) is 2.48. The van der Waals surface area contributed by atoms with Crippen LogP contribution in [0.15, 0.2) is 0 Å². The Morgan fingerprint density at radius 3 is 1.42 bits per heavy atom. The molecule has 0 aliphatic carbocycles. The third-order valence-corrected chi connectivity index (χ3v) is 5.78. The molecule has 0 aliphatic rings. The van der Waals surface area contributed by atoms with E-state index in [0.717, 1.165) is 5.33 Å². The lowest BCUT2D eigenvalue weighted by molar-refractivity contribution is -0.0510. The van der Waals surface area contributed by atoms with Crippen LogP contribution in [0.1, 0.15) is 0 Å². The average molecular weight is 574 g/mol. The quantitative estimate of drug-likeness (QED) is 0.227. The van der Waals surface area contributed by atoms with Crippen LogP contribution in [0.2, 0.25) is 0 Å². The molecule has 1 atom stereocenters. The Hall–Kier alpha value is 1.30. The fraction of sp³-hybridized carbons (Fsp3) is 1.00. The molecule has 0 amide bonds. The number of hydrogen-bond donors (Lipinski definition) is 2. The molecule has 0 saturated heterocycles. The zero-order chi connectivity index (χ0) is 16.5. The zero-order valence-corrected chi connectivity index (χ0v) is 16.1. The Morgan fingerprint density at radius 1 is 1.21 bits per heavy atom. The van der Waals surface area contributed by atoms with Crippen LogP contribution in [0.25, 0.3) is 0 Å². The summed E-state index contributed by atoms with van der Waals surface area (Å²) in [5.41, 5.74) is -5.53. The monoisotopic (exact) mass is 572 g/mol. The molecule has 0 spiro atoms. The molecule has 0 aromatic carbocycles. The first-order valence-electron chi connectivity index (χ1n) is 3.78. The van der Waals surface area contributed by atoms with Crippen LogP contribution in [-0.2, 0) is 20.2 Å². The van der Waals surface area contributed by atoms with Gasteiger partial charge >= 0.3 is 15.6 Å². The molecule has 14 heteroatoms. The normalized spacial score (nSPS) is 13.5. The Kier molecular flexibility index (Phi) is 14.6. The molecular formula is C5H10Br2F3IO6S2. The second-order valence-corrected chi connectivity index (χ2v) is 8.26. The van der Waals surface area contributed by atoms with Crippen molar-refractivity contribution in [2.24, 2.45) is 0 Å². The summed E-state index contributed by atoms with van der Waals surface area (Å²) in [6.45, 7) is 0. The van der Waals surface area contributed by atoms with Gasteiger partial charge in [-0.3, -0.25) is 9.11 Å². The summed E-state index contributed by atoms with van der Waals surface area (Å²) in [4.78, 5) is 0.651. The van der Waals surface area contributed by atoms with Crippen molar-refractivity contribution >= 4 is 74.7 Å². The van der Waals surface area contributed by atoms with Gasteiger partial charge in [0.1, 0.15) is 0 Å². The Balaban J connectivity index is -0.000000209. The SMILES string of the molecule is BrCC(Br)CI.CS(=O)(=O)O.O=S(=O)(O)C(F)(F)F. The Morgan fingerprint density at radius 2 is 1.42 bits per heavy atom. The van der Waals surface area contributed by atoms with Gasteiger partial charge < -0.3 is 0 Å². The first-order chi connectivity index (χ1) is 8.06. The lowest BCUT2D eigenvalue weighted by Crippen LogP contribution is -2.21. The van der Waals surface area contributed by atoms with E-state index < -0.39 is 25.7 Å². The van der Waals surface area contributed by atoms with Gasteiger partial charge in [-0.15, -0.1) is 0 Å². The van der Waals surface area contributed by atoms with Crippen LogP contribution in [0.4, 0.5) is 13.2 Å². The van der Waals surface area contributed by atoms with E-state index in [1.54, 1.807) is 0 Å². The van der Waals surface area contributed by atoms with Crippen LogP contribution in [0.5, 0.6) is 0 Å². The number of rotatable bonds is 2. The molecule has 2 N–H and O–H groups in total. The van der Waals surface area contributed by atoms with Crippen molar-refractivity contribution in [3.63, 3.8) is 0 Å². The van der Waals surface area contributed by atoms with Gasteiger partial charge in [-0.1, -0.05) is 54.5 Å². The maximum absolute atomic E-state index is 10.7. The highest BCUT2D eigenvalue weighted by Gasteiger charge is 2.44. The first kappa shape index (κ1) is 25.3. The second-order valence-electron chi connectivity index (χ2n) is 2.56. The van der Waals surface area contributed by atoms with E-state index >= 15 is 0 Å². The van der Waals surface area contributed by atoms with Gasteiger partial charge in [0.2, 0.25) is 0 Å². The summed E-state index contributed by atoms with van der Waals surface area (Å²) in [6.07, 6.45) is 0.715. The number of alkyl halides is 6. The molecule has 0 bridgehead atoms. The molecule has 0 aromatic heterocycles. The molecular weight excluding hydrogens is 564 g/mol. The summed E-state index contributed by atoms with van der Waals surface area (Å²) in [5, 5.41) is 1.05. The van der Waals surface area contributed by atoms with Crippen molar-refractivity contribution in [2.75, 3.05) is 16.0 Å². The largest absolute Gasteiger partial charge is 0.522 e. The molecule has 0 fully saturated rings. The second kappa shape index (κ2) is 10.9. The highest BCUT2D eigenvalue weighted by Crippen LogP contribution is 2.20. The van der Waals surface area contributed by atoms with E-state index in [4.69, 9.17) is 17.5 Å². The Labute approximate surface area is 139 Å². The third-order valence-electron chi connectivity index (χ3n) is 0.627. The fourth-order valence-electron chi connectivity index (χ4n) is 0.0412. The highest BCUT2D eigenvalue weighted by atomic mass is 127. The molecule has 0 aliphatic heterocycles. The average Bonchev–Trinajstić information content (AvgIpc) is 2.11. The van der Waals surface area contributed by atoms with E-state index in [2.05, 4.69) is 54.5 Å². The van der Waals surface area contributed by atoms with Crippen molar-refractivity contribution in [2.45, 2.75) is 10.3 Å². The number of halogens is 6. The maximum Gasteiger partial charge on any atom is 0.522 e. The van der Waals surface area contributed by atoms with Gasteiger partial charge in [0.15, 0.2) is 0 Å². The summed E-state index contributed by atoms with van der Waals surface area (Å²) < 4.78 is 84.6. The van der Waals surface area contributed by atoms with Crippen molar-refractivity contribution in [1.29, 1.82) is 0 Å². The minimum atomic E-state index is -5.84. The van der Waals surface area contributed by atoms with Gasteiger partial charge in [-0.2, -0.15) is 30.0 Å². The van der Waals surface area contributed by atoms with Crippen molar-refractivity contribution in [1.82, 2.24) is 0 Å².